The third-order valence-corrected chi connectivity index (χ3v) is 0. The molecule has 0 bridgehead atoms. The molecule has 8 N–H and O–H groups in total. The first kappa shape index (κ1) is 23.6. The van der Waals surface area contributed by atoms with E-state index in [0.717, 1.165) is 0 Å². The Balaban J connectivity index is -0.0000000286. The molecule has 0 spiro atoms. The molecule has 0 amide bonds. The van der Waals surface area contributed by atoms with Crippen LogP contribution in [-0.4, -0.2) is 17.5 Å². The molecule has 0 aromatic carbocycles. The van der Waals surface area contributed by atoms with Gasteiger partial charge in [0.25, 0.3) is 0 Å². The van der Waals surface area contributed by atoms with E-state index in [1.54, 1.807) is 0 Å². The van der Waals surface area contributed by atoms with Gasteiger partial charge in [0, 0.05) is 0 Å². The quantitative estimate of drug-likeness (QED) is 0.299. The lowest BCUT2D eigenvalue weighted by Crippen LogP contribution is -1.89. The Bertz CT molecular complexity index is 111. The van der Waals surface area contributed by atoms with Crippen molar-refractivity contribution in [2.45, 2.75) is 0 Å². The molecule has 0 heterocycles. The van der Waals surface area contributed by atoms with E-state index in [4.69, 9.17) is 17.5 Å². The van der Waals surface area contributed by atoms with Gasteiger partial charge in [-0.25, -0.2) is 0 Å². The average Bonchev–Trinajstić information content (AvgIpc) is 1.36. The van der Waals surface area contributed by atoms with E-state index in [2.05, 4.69) is 13.2 Å². The first-order chi connectivity index (χ1) is 3.00. The van der Waals surface area contributed by atoms with Crippen LogP contribution in [0, 0.1) is 0 Å². The second-order valence-corrected chi connectivity index (χ2v) is 1.34. The zero-order chi connectivity index (χ0) is 6.50. The van der Waals surface area contributed by atoms with Crippen molar-refractivity contribution >= 4 is 10.4 Å². The van der Waals surface area contributed by atoms with Crippen LogP contribution in [0.4, 0.5) is 0 Å². The molecule has 0 aromatic heterocycles. The fraction of sp³-hybridized carbons (Fsp3) is 0. The van der Waals surface area contributed by atoms with Crippen LogP contribution < -0.4 is 12.3 Å². The highest BCUT2D eigenvalue weighted by Gasteiger charge is 1.84. The Labute approximate surface area is 54.3 Å². The van der Waals surface area contributed by atoms with Gasteiger partial charge < -0.3 is 12.3 Å². The number of rotatable bonds is 0. The smallest absolute Gasteiger partial charge is 0.344 e. The molecule has 0 saturated heterocycles. The molecule has 0 aliphatic carbocycles. The van der Waals surface area contributed by atoms with Gasteiger partial charge in [-0.15, -0.1) is 13.2 Å². The van der Waals surface area contributed by atoms with Gasteiger partial charge in [0.1, 0.15) is 0 Å². The first-order valence-corrected chi connectivity index (χ1v) is 2.60. The maximum Gasteiger partial charge on any atom is 0.394 e. The molecular weight excluding hydrogens is 148 g/mol. The van der Waals surface area contributed by atoms with E-state index in [9.17, 15) is 0 Å². The average molecular weight is 160 g/mol. The van der Waals surface area contributed by atoms with Crippen molar-refractivity contribution < 1.29 is 17.5 Å². The first-order valence-electron chi connectivity index (χ1n) is 1.20. The predicted molar refractivity (Wildman–Crippen MR) is 35.5 cm³/mol. The van der Waals surface area contributed by atoms with Crippen LogP contribution >= 0.6 is 0 Å². The summed E-state index contributed by atoms with van der Waals surface area (Å²) in [6.45, 7) is 6.00. The van der Waals surface area contributed by atoms with Gasteiger partial charge in [0.05, 0.1) is 0 Å². The lowest BCUT2D eigenvalue weighted by atomic mass is 11.3. The summed E-state index contributed by atoms with van der Waals surface area (Å²) in [6.07, 6.45) is 0. The van der Waals surface area contributed by atoms with Gasteiger partial charge in [-0.2, -0.15) is 8.42 Å². The van der Waals surface area contributed by atoms with Crippen molar-refractivity contribution in [1.29, 1.82) is 0 Å². The van der Waals surface area contributed by atoms with Crippen molar-refractivity contribution in [3.8, 4) is 0 Å². The van der Waals surface area contributed by atoms with Crippen LogP contribution in [-0.2, 0) is 10.4 Å². The predicted octanol–water partition coefficient (Wildman–Crippen LogP) is 0.473. The van der Waals surface area contributed by atoms with Crippen LogP contribution in [0.2, 0.25) is 0 Å². The number of hydrogen-bond donors (Lipinski definition) is 4. The van der Waals surface area contributed by atoms with Crippen molar-refractivity contribution in [3.63, 3.8) is 0 Å². The summed E-state index contributed by atoms with van der Waals surface area (Å²) in [4.78, 5) is 0. The van der Waals surface area contributed by atoms with Crippen LogP contribution in [0.1, 0.15) is 0 Å². The van der Waals surface area contributed by atoms with Crippen LogP contribution in [0.5, 0.6) is 0 Å². The fourth-order valence-electron chi connectivity index (χ4n) is 0. The van der Waals surface area contributed by atoms with Gasteiger partial charge >= 0.3 is 10.4 Å². The Morgan fingerprint density at radius 3 is 1.00 bits per heavy atom. The Kier molecular flexibility index (Phi) is 27.5. The van der Waals surface area contributed by atoms with E-state index < -0.39 is 10.4 Å². The van der Waals surface area contributed by atoms with E-state index in [1.807, 2.05) is 0 Å². The zero-order valence-corrected chi connectivity index (χ0v) is 5.76. The maximum absolute atomic E-state index is 8.74. The maximum atomic E-state index is 8.74. The van der Waals surface area contributed by atoms with Gasteiger partial charge in [-0.1, -0.05) is 0 Å². The van der Waals surface area contributed by atoms with Crippen LogP contribution in [0.15, 0.2) is 13.2 Å². The van der Waals surface area contributed by atoms with E-state index in [0.29, 0.717) is 0 Å². The highest BCUT2D eigenvalue weighted by atomic mass is 32.3. The fourth-order valence-corrected chi connectivity index (χ4v) is 0. The largest absolute Gasteiger partial charge is 0.394 e. The van der Waals surface area contributed by atoms with Crippen LogP contribution in [0.3, 0.4) is 0 Å². The minimum Gasteiger partial charge on any atom is -0.344 e. The van der Waals surface area contributed by atoms with Gasteiger partial charge in [-0.05, 0) is 0 Å². The van der Waals surface area contributed by atoms with Crippen molar-refractivity contribution in [1.82, 2.24) is 12.3 Å². The monoisotopic (exact) mass is 160 g/mol. The Hall–Kier alpha value is -0.470. The highest BCUT2D eigenvalue weighted by molar-refractivity contribution is 7.79. The molecule has 0 rings (SSSR count). The summed E-state index contributed by atoms with van der Waals surface area (Å²) in [5, 5.41) is 0. The summed E-state index contributed by atoms with van der Waals surface area (Å²) in [5.74, 6) is 0. The summed E-state index contributed by atoms with van der Waals surface area (Å²) >= 11 is 0. The summed E-state index contributed by atoms with van der Waals surface area (Å²) in [6, 6.07) is 0. The number of hydrogen-bond acceptors (Lipinski definition) is 4. The second-order valence-electron chi connectivity index (χ2n) is 0.448. The van der Waals surface area contributed by atoms with E-state index in [1.165, 1.54) is 0 Å². The van der Waals surface area contributed by atoms with Crippen LogP contribution in [0.25, 0.3) is 0 Å². The van der Waals surface area contributed by atoms with E-state index >= 15 is 0 Å². The molecule has 0 aliphatic rings. The molecule has 9 heavy (non-hydrogen) atoms. The SMILES string of the molecule is C=C.N.N.O=S(=O)(O)O. The third kappa shape index (κ3) is 1040. The third-order valence-electron chi connectivity index (χ3n) is 0. The van der Waals surface area contributed by atoms with Crippen molar-refractivity contribution in [2.75, 3.05) is 0 Å². The lowest BCUT2D eigenvalue weighted by molar-refractivity contribution is 0.381. The standard InChI is InChI=1S/C2H4.2H3N.H2O4S/c1-2;;;1-5(2,3)4/h1-2H2;2*1H3;(H2,1,2,3,4). The highest BCUT2D eigenvalue weighted by Crippen LogP contribution is 1.59. The van der Waals surface area contributed by atoms with E-state index in [-0.39, 0.29) is 12.3 Å². The van der Waals surface area contributed by atoms with Gasteiger partial charge in [-0.3, -0.25) is 9.11 Å². The molecule has 0 aliphatic heterocycles. The molecule has 0 atom stereocenters. The molecule has 0 aromatic rings. The molecule has 0 saturated carbocycles. The van der Waals surface area contributed by atoms with Gasteiger partial charge in [0.15, 0.2) is 0 Å². The minimum absolute atomic E-state index is 0. The Morgan fingerprint density at radius 2 is 1.00 bits per heavy atom. The van der Waals surface area contributed by atoms with Crippen molar-refractivity contribution in [2.24, 2.45) is 0 Å². The zero-order valence-electron chi connectivity index (χ0n) is 4.95. The molecule has 0 fully saturated rings. The minimum atomic E-state index is -4.67. The lowest BCUT2D eigenvalue weighted by Gasteiger charge is -1.68. The summed E-state index contributed by atoms with van der Waals surface area (Å²) in [7, 11) is -4.67. The molecule has 6 nitrogen and oxygen atoms in total. The molecule has 7 heteroatoms. The molecular formula is C2H12N2O4S. The van der Waals surface area contributed by atoms with Crippen molar-refractivity contribution in [3.05, 3.63) is 13.2 Å². The second kappa shape index (κ2) is 10.5. The topological polar surface area (TPSA) is 145 Å². The Morgan fingerprint density at radius 1 is 1.00 bits per heavy atom. The van der Waals surface area contributed by atoms with Gasteiger partial charge in [0.2, 0.25) is 0 Å². The normalized spacial score (nSPS) is 6.89. The summed E-state index contributed by atoms with van der Waals surface area (Å²) in [5.41, 5.74) is 0. The summed E-state index contributed by atoms with van der Waals surface area (Å²) < 4.78 is 31.6. The molecule has 60 valence electrons. The molecule has 0 unspecified atom stereocenters. The molecule has 0 radical (unpaired) electrons.